The predicted molar refractivity (Wildman–Crippen MR) is 94.0 cm³/mol. The number of hydrogen-bond donors (Lipinski definition) is 1. The van der Waals surface area contributed by atoms with Crippen molar-refractivity contribution in [1.82, 2.24) is 14.8 Å². The second kappa shape index (κ2) is 5.81. The van der Waals surface area contributed by atoms with Gasteiger partial charge in [0, 0.05) is 4.88 Å². The molecule has 1 N–H and O–H groups in total. The van der Waals surface area contributed by atoms with E-state index in [1.54, 1.807) is 17.7 Å². The Kier molecular flexibility index (Phi) is 3.65. The Labute approximate surface area is 140 Å². The molecule has 3 heterocycles. The Morgan fingerprint density at radius 2 is 2.04 bits per heavy atom. The molecule has 2 aromatic heterocycles. The van der Waals surface area contributed by atoms with Gasteiger partial charge in [-0.05, 0) is 34.9 Å². The van der Waals surface area contributed by atoms with Crippen LogP contribution in [0.25, 0.3) is 0 Å². The molecule has 1 aliphatic heterocycles. The number of hydrogen-bond acceptors (Lipinski definition) is 4. The summed E-state index contributed by atoms with van der Waals surface area (Å²) in [5.41, 5.74) is 2.69. The van der Waals surface area contributed by atoms with Crippen molar-refractivity contribution in [2.24, 2.45) is 0 Å². The number of benzene rings is 1. The minimum atomic E-state index is 0.253. The standard InChI is InChI=1S/C18H20N4S/c1-12(2)13-5-7-14(8-6-13)15-10-16(17-4-3-9-23-17)22-18(21-15)19-11-20-22/h3-9,11-12,15-16H,10H2,1-2H3,(H,19,20,21)/t15-,16+/m0/s1. The van der Waals surface area contributed by atoms with E-state index < -0.39 is 0 Å². The van der Waals surface area contributed by atoms with E-state index in [1.807, 2.05) is 4.68 Å². The second-order valence-electron chi connectivity index (χ2n) is 6.31. The van der Waals surface area contributed by atoms with Crippen LogP contribution in [0.1, 0.15) is 54.3 Å². The lowest BCUT2D eigenvalue weighted by Gasteiger charge is -2.31. The van der Waals surface area contributed by atoms with E-state index in [0.717, 1.165) is 12.4 Å². The van der Waals surface area contributed by atoms with Gasteiger partial charge in [-0.15, -0.1) is 11.3 Å². The van der Waals surface area contributed by atoms with Crippen molar-refractivity contribution in [2.45, 2.75) is 38.3 Å². The van der Waals surface area contributed by atoms with E-state index >= 15 is 0 Å². The molecule has 118 valence electrons. The van der Waals surface area contributed by atoms with Gasteiger partial charge >= 0.3 is 0 Å². The van der Waals surface area contributed by atoms with Crippen molar-refractivity contribution in [1.29, 1.82) is 0 Å². The summed E-state index contributed by atoms with van der Waals surface area (Å²) in [6, 6.07) is 13.8. The largest absolute Gasteiger partial charge is 0.348 e. The molecular formula is C18H20N4S. The fourth-order valence-corrected chi connectivity index (χ4v) is 3.99. The van der Waals surface area contributed by atoms with Crippen LogP contribution in [0.2, 0.25) is 0 Å². The zero-order valence-electron chi connectivity index (χ0n) is 13.3. The lowest BCUT2D eigenvalue weighted by molar-refractivity contribution is 0.436. The minimum absolute atomic E-state index is 0.253. The van der Waals surface area contributed by atoms with Crippen molar-refractivity contribution in [2.75, 3.05) is 5.32 Å². The maximum Gasteiger partial charge on any atom is 0.222 e. The fraction of sp³-hybridized carbons (Fsp3) is 0.333. The zero-order valence-corrected chi connectivity index (χ0v) is 14.1. The molecule has 0 saturated carbocycles. The summed E-state index contributed by atoms with van der Waals surface area (Å²) in [6.45, 7) is 4.45. The monoisotopic (exact) mass is 324 g/mol. The molecule has 1 aromatic carbocycles. The summed E-state index contributed by atoms with van der Waals surface area (Å²) in [4.78, 5) is 5.72. The highest BCUT2D eigenvalue weighted by molar-refractivity contribution is 7.10. The number of aromatic nitrogens is 3. The van der Waals surface area contributed by atoms with Gasteiger partial charge < -0.3 is 5.32 Å². The van der Waals surface area contributed by atoms with E-state index in [0.29, 0.717) is 5.92 Å². The Balaban J connectivity index is 1.66. The minimum Gasteiger partial charge on any atom is -0.348 e. The van der Waals surface area contributed by atoms with Gasteiger partial charge in [0.2, 0.25) is 5.95 Å². The normalized spacial score (nSPS) is 20.3. The molecule has 0 fully saturated rings. The Morgan fingerprint density at radius 1 is 1.22 bits per heavy atom. The average molecular weight is 324 g/mol. The van der Waals surface area contributed by atoms with Crippen LogP contribution in [-0.2, 0) is 0 Å². The van der Waals surface area contributed by atoms with Gasteiger partial charge in [0.15, 0.2) is 0 Å². The topological polar surface area (TPSA) is 42.7 Å². The molecule has 3 aromatic rings. The number of anilines is 1. The van der Waals surface area contributed by atoms with E-state index in [9.17, 15) is 0 Å². The molecule has 5 heteroatoms. The van der Waals surface area contributed by atoms with Crippen molar-refractivity contribution in [3.05, 3.63) is 64.1 Å². The molecule has 0 amide bonds. The third-order valence-electron chi connectivity index (χ3n) is 4.51. The van der Waals surface area contributed by atoms with Crippen LogP contribution in [0.15, 0.2) is 48.1 Å². The molecular weight excluding hydrogens is 304 g/mol. The Hall–Kier alpha value is -2.14. The molecule has 4 rings (SSSR count). The van der Waals surface area contributed by atoms with Crippen LogP contribution in [0.4, 0.5) is 5.95 Å². The predicted octanol–water partition coefficient (Wildman–Crippen LogP) is 4.61. The van der Waals surface area contributed by atoms with Gasteiger partial charge in [-0.25, -0.2) is 4.68 Å². The molecule has 4 nitrogen and oxygen atoms in total. The zero-order chi connectivity index (χ0) is 15.8. The van der Waals surface area contributed by atoms with Crippen LogP contribution >= 0.6 is 11.3 Å². The average Bonchev–Trinajstić information content (AvgIpc) is 3.25. The van der Waals surface area contributed by atoms with Crippen LogP contribution in [0.3, 0.4) is 0 Å². The van der Waals surface area contributed by atoms with Crippen molar-refractivity contribution >= 4 is 17.3 Å². The first-order valence-corrected chi connectivity index (χ1v) is 8.89. The number of nitrogens with zero attached hydrogens (tertiary/aromatic N) is 3. The third kappa shape index (κ3) is 2.65. The van der Waals surface area contributed by atoms with Crippen LogP contribution in [0.5, 0.6) is 0 Å². The van der Waals surface area contributed by atoms with E-state index in [2.05, 4.69) is 71.0 Å². The summed E-state index contributed by atoms with van der Waals surface area (Å²) in [6.07, 6.45) is 2.62. The molecule has 0 unspecified atom stereocenters. The van der Waals surface area contributed by atoms with Crippen molar-refractivity contribution in [3.8, 4) is 0 Å². The van der Waals surface area contributed by atoms with E-state index in [-0.39, 0.29) is 12.1 Å². The van der Waals surface area contributed by atoms with Crippen LogP contribution in [-0.4, -0.2) is 14.8 Å². The summed E-state index contributed by atoms with van der Waals surface area (Å²) < 4.78 is 2.00. The highest BCUT2D eigenvalue weighted by atomic mass is 32.1. The highest BCUT2D eigenvalue weighted by Crippen LogP contribution is 2.38. The first-order valence-electron chi connectivity index (χ1n) is 8.01. The molecule has 0 aliphatic carbocycles. The number of rotatable bonds is 3. The van der Waals surface area contributed by atoms with Gasteiger partial charge in [-0.3, -0.25) is 0 Å². The van der Waals surface area contributed by atoms with Crippen LogP contribution in [0, 0.1) is 0 Å². The summed E-state index contributed by atoms with van der Waals surface area (Å²) in [5, 5.41) is 10.1. The first kappa shape index (κ1) is 14.5. The maximum atomic E-state index is 4.41. The summed E-state index contributed by atoms with van der Waals surface area (Å²) in [5.74, 6) is 1.41. The molecule has 0 spiro atoms. The number of fused-ring (bicyclic) bond motifs is 1. The molecule has 2 atom stereocenters. The van der Waals surface area contributed by atoms with Gasteiger partial charge in [0.05, 0.1) is 12.1 Å². The van der Waals surface area contributed by atoms with E-state index in [1.165, 1.54) is 16.0 Å². The van der Waals surface area contributed by atoms with E-state index in [4.69, 9.17) is 0 Å². The Morgan fingerprint density at radius 3 is 2.74 bits per heavy atom. The Bertz CT molecular complexity index is 774. The van der Waals surface area contributed by atoms with Crippen molar-refractivity contribution in [3.63, 3.8) is 0 Å². The summed E-state index contributed by atoms with van der Waals surface area (Å²) >= 11 is 1.78. The highest BCUT2D eigenvalue weighted by Gasteiger charge is 2.30. The molecule has 0 saturated heterocycles. The van der Waals surface area contributed by atoms with Gasteiger partial charge in [-0.2, -0.15) is 10.1 Å². The maximum absolute atomic E-state index is 4.41. The summed E-state index contributed by atoms with van der Waals surface area (Å²) in [7, 11) is 0. The first-order chi connectivity index (χ1) is 11.2. The van der Waals surface area contributed by atoms with Crippen LogP contribution < -0.4 is 5.32 Å². The van der Waals surface area contributed by atoms with Gasteiger partial charge in [0.25, 0.3) is 0 Å². The number of nitrogens with one attached hydrogen (secondary N) is 1. The third-order valence-corrected chi connectivity index (χ3v) is 5.48. The SMILES string of the molecule is CC(C)c1ccc([C@@H]2C[C@H](c3cccs3)n3ncnc3N2)cc1. The molecule has 0 radical (unpaired) electrons. The smallest absolute Gasteiger partial charge is 0.222 e. The second-order valence-corrected chi connectivity index (χ2v) is 7.29. The lowest BCUT2D eigenvalue weighted by Crippen LogP contribution is -2.27. The van der Waals surface area contributed by atoms with Crippen molar-refractivity contribution < 1.29 is 0 Å². The number of thiophene rings is 1. The van der Waals surface area contributed by atoms with Gasteiger partial charge in [0.1, 0.15) is 6.33 Å². The van der Waals surface area contributed by atoms with Gasteiger partial charge in [-0.1, -0.05) is 44.2 Å². The molecule has 1 aliphatic rings. The molecule has 23 heavy (non-hydrogen) atoms. The molecule has 0 bridgehead atoms. The quantitative estimate of drug-likeness (QED) is 0.765. The fourth-order valence-electron chi connectivity index (χ4n) is 3.17. The lowest BCUT2D eigenvalue weighted by atomic mass is 9.94.